The van der Waals surface area contributed by atoms with Gasteiger partial charge in [0.05, 0.1) is 0 Å². The van der Waals surface area contributed by atoms with Gasteiger partial charge in [-0.3, -0.25) is 14.0 Å². The highest BCUT2D eigenvalue weighted by atomic mass is 32.1. The van der Waals surface area contributed by atoms with E-state index in [1.54, 1.807) is 0 Å². The van der Waals surface area contributed by atoms with Crippen LogP contribution >= 0.6 is 11.3 Å². The van der Waals surface area contributed by atoms with Crippen molar-refractivity contribution in [2.75, 3.05) is 6.54 Å². The number of amides is 1. The molecule has 2 heterocycles. The molecule has 0 saturated carbocycles. The first-order valence-corrected chi connectivity index (χ1v) is 8.47. The zero-order chi connectivity index (χ0) is 15.5. The molecule has 0 spiro atoms. The van der Waals surface area contributed by atoms with Gasteiger partial charge >= 0.3 is 0 Å². The average molecular weight is 317 g/mol. The number of aryl methyl sites for hydroxylation is 1. The number of hydrogen-bond acceptors (Lipinski definition) is 4. The van der Waals surface area contributed by atoms with Crippen LogP contribution < -0.4 is 10.9 Å². The number of fused-ring (bicyclic) bond motifs is 1. The lowest BCUT2D eigenvalue weighted by Crippen LogP contribution is -2.32. The van der Waals surface area contributed by atoms with Crippen molar-refractivity contribution in [3.8, 4) is 0 Å². The van der Waals surface area contributed by atoms with E-state index in [-0.39, 0.29) is 17.0 Å². The highest BCUT2D eigenvalue weighted by molar-refractivity contribution is 7.15. The molecule has 1 aliphatic carbocycles. The summed E-state index contributed by atoms with van der Waals surface area (Å²) in [5.74, 6) is -0.339. The lowest BCUT2D eigenvalue weighted by Gasteiger charge is -2.12. The Kier molecular flexibility index (Phi) is 4.38. The van der Waals surface area contributed by atoms with Crippen LogP contribution in [0.1, 0.15) is 48.2 Å². The minimum absolute atomic E-state index is 0.108. The van der Waals surface area contributed by atoms with Crippen LogP contribution in [-0.4, -0.2) is 21.8 Å². The summed E-state index contributed by atoms with van der Waals surface area (Å²) in [4.78, 5) is 29.4. The maximum absolute atomic E-state index is 12.4. The smallest absolute Gasteiger partial charge is 0.271 e. The second kappa shape index (κ2) is 6.44. The predicted octanol–water partition coefficient (Wildman–Crippen LogP) is 2.68. The SMILES string of the molecule is Cc1csc2ncc(C(=O)NCCC3=CCCCC3)c(=O)n12. The first-order valence-electron chi connectivity index (χ1n) is 7.59. The largest absolute Gasteiger partial charge is 0.351 e. The number of nitrogens with one attached hydrogen (secondary N) is 1. The Morgan fingerprint density at radius 3 is 3.09 bits per heavy atom. The zero-order valence-electron chi connectivity index (χ0n) is 12.6. The summed E-state index contributed by atoms with van der Waals surface area (Å²) in [6, 6.07) is 0. The van der Waals surface area contributed by atoms with E-state index >= 15 is 0 Å². The molecule has 5 nitrogen and oxygen atoms in total. The minimum Gasteiger partial charge on any atom is -0.351 e. The normalized spacial score (nSPS) is 14.9. The Balaban J connectivity index is 1.69. The molecule has 2 aromatic heterocycles. The van der Waals surface area contributed by atoms with Gasteiger partial charge in [-0.25, -0.2) is 4.98 Å². The molecule has 0 unspecified atom stereocenters. The number of rotatable bonds is 4. The highest BCUT2D eigenvalue weighted by Crippen LogP contribution is 2.19. The van der Waals surface area contributed by atoms with E-state index in [4.69, 9.17) is 0 Å². The van der Waals surface area contributed by atoms with Crippen LogP contribution in [0.2, 0.25) is 0 Å². The molecule has 0 radical (unpaired) electrons. The maximum Gasteiger partial charge on any atom is 0.271 e. The standard InChI is InChI=1S/C16H19N3O2S/c1-11-10-22-16-18-9-13(15(21)19(11)16)14(20)17-8-7-12-5-3-2-4-6-12/h5,9-10H,2-4,6-8H2,1H3,(H,17,20). The molecule has 1 amide bonds. The van der Waals surface area contributed by atoms with Crippen molar-refractivity contribution in [2.45, 2.75) is 39.0 Å². The monoisotopic (exact) mass is 317 g/mol. The van der Waals surface area contributed by atoms with Gasteiger partial charge in [-0.1, -0.05) is 11.6 Å². The van der Waals surface area contributed by atoms with Crippen molar-refractivity contribution in [3.05, 3.63) is 44.8 Å². The van der Waals surface area contributed by atoms with Gasteiger partial charge in [-0.05, 0) is 39.0 Å². The van der Waals surface area contributed by atoms with Gasteiger partial charge in [0.15, 0.2) is 4.96 Å². The molecular formula is C16H19N3O2S. The van der Waals surface area contributed by atoms with Gasteiger partial charge < -0.3 is 5.32 Å². The molecule has 0 bridgehead atoms. The summed E-state index contributed by atoms with van der Waals surface area (Å²) in [5.41, 5.74) is 2.03. The summed E-state index contributed by atoms with van der Waals surface area (Å²) >= 11 is 1.40. The Morgan fingerprint density at radius 1 is 1.45 bits per heavy atom. The van der Waals surface area contributed by atoms with Crippen LogP contribution in [-0.2, 0) is 0 Å². The van der Waals surface area contributed by atoms with Crippen LogP contribution in [0.25, 0.3) is 4.96 Å². The van der Waals surface area contributed by atoms with E-state index in [0.29, 0.717) is 11.5 Å². The second-order valence-corrected chi connectivity index (χ2v) is 6.42. The van der Waals surface area contributed by atoms with Gasteiger partial charge in [0.1, 0.15) is 5.56 Å². The number of aromatic nitrogens is 2. The number of thiazole rings is 1. The van der Waals surface area contributed by atoms with Crippen LogP contribution in [0.3, 0.4) is 0 Å². The van der Waals surface area contributed by atoms with Crippen LogP contribution in [0.15, 0.2) is 28.0 Å². The maximum atomic E-state index is 12.4. The Morgan fingerprint density at radius 2 is 2.32 bits per heavy atom. The quantitative estimate of drug-likeness (QED) is 0.882. The molecule has 1 aliphatic rings. The van der Waals surface area contributed by atoms with E-state index in [9.17, 15) is 9.59 Å². The van der Waals surface area contributed by atoms with Crippen LogP contribution in [0.4, 0.5) is 0 Å². The molecule has 3 rings (SSSR count). The summed E-state index contributed by atoms with van der Waals surface area (Å²) in [7, 11) is 0. The van der Waals surface area contributed by atoms with E-state index in [2.05, 4.69) is 16.4 Å². The molecule has 116 valence electrons. The van der Waals surface area contributed by atoms with Crippen molar-refractivity contribution < 1.29 is 4.79 Å². The van der Waals surface area contributed by atoms with Gasteiger partial charge in [0, 0.05) is 23.8 Å². The number of carbonyl (C=O) groups is 1. The zero-order valence-corrected chi connectivity index (χ0v) is 13.4. The fourth-order valence-corrected chi connectivity index (χ4v) is 3.57. The first kappa shape index (κ1) is 15.0. The first-order chi connectivity index (χ1) is 10.7. The van der Waals surface area contributed by atoms with Crippen molar-refractivity contribution in [1.82, 2.24) is 14.7 Å². The van der Waals surface area contributed by atoms with Crippen molar-refractivity contribution >= 4 is 22.2 Å². The van der Waals surface area contributed by atoms with Crippen LogP contribution in [0.5, 0.6) is 0 Å². The Bertz CT molecular complexity index is 788. The van der Waals surface area contributed by atoms with Gasteiger partial charge in [-0.2, -0.15) is 0 Å². The molecule has 2 aromatic rings. The van der Waals surface area contributed by atoms with Gasteiger partial charge in [0.2, 0.25) is 0 Å². The third-order valence-corrected chi connectivity index (χ3v) is 4.94. The molecule has 1 N–H and O–H groups in total. The predicted molar refractivity (Wildman–Crippen MR) is 87.6 cm³/mol. The lowest BCUT2D eigenvalue weighted by atomic mass is 9.97. The average Bonchev–Trinajstić information content (AvgIpc) is 2.91. The molecule has 0 saturated heterocycles. The molecule has 0 atom stereocenters. The molecule has 0 fully saturated rings. The van der Waals surface area contributed by atoms with Gasteiger partial charge in [0.25, 0.3) is 11.5 Å². The van der Waals surface area contributed by atoms with E-state index in [0.717, 1.165) is 25.0 Å². The number of hydrogen-bond donors (Lipinski definition) is 1. The van der Waals surface area contributed by atoms with Gasteiger partial charge in [-0.15, -0.1) is 11.3 Å². The summed E-state index contributed by atoms with van der Waals surface area (Å²) in [6.45, 7) is 2.40. The van der Waals surface area contributed by atoms with Crippen LogP contribution in [0, 0.1) is 6.92 Å². The highest BCUT2D eigenvalue weighted by Gasteiger charge is 2.15. The summed E-state index contributed by atoms with van der Waals surface area (Å²) < 4.78 is 1.49. The molecule has 22 heavy (non-hydrogen) atoms. The fraction of sp³-hybridized carbons (Fsp3) is 0.438. The fourth-order valence-electron chi connectivity index (χ4n) is 2.74. The third-order valence-electron chi connectivity index (χ3n) is 3.98. The second-order valence-electron chi connectivity index (χ2n) is 5.59. The Labute approximate surface area is 132 Å². The van der Waals surface area contributed by atoms with Crippen molar-refractivity contribution in [1.29, 1.82) is 0 Å². The topological polar surface area (TPSA) is 63.5 Å². The van der Waals surface area contributed by atoms with E-state index in [1.807, 2.05) is 12.3 Å². The molecular weight excluding hydrogens is 298 g/mol. The third kappa shape index (κ3) is 2.97. The summed E-state index contributed by atoms with van der Waals surface area (Å²) in [5, 5.41) is 4.70. The van der Waals surface area contributed by atoms with Crippen molar-refractivity contribution in [3.63, 3.8) is 0 Å². The number of allylic oxidation sites excluding steroid dienone is 1. The minimum atomic E-state index is -0.339. The summed E-state index contributed by atoms with van der Waals surface area (Å²) in [6.07, 6.45) is 9.27. The van der Waals surface area contributed by atoms with E-state index in [1.165, 1.54) is 40.3 Å². The Hall–Kier alpha value is -1.95. The number of nitrogens with zero attached hydrogens (tertiary/aromatic N) is 2. The molecule has 0 aromatic carbocycles. The number of carbonyl (C=O) groups excluding carboxylic acids is 1. The van der Waals surface area contributed by atoms with E-state index < -0.39 is 0 Å². The molecule has 6 heteroatoms. The lowest BCUT2D eigenvalue weighted by molar-refractivity contribution is 0.0952. The van der Waals surface area contributed by atoms with Crippen molar-refractivity contribution in [2.24, 2.45) is 0 Å². The molecule has 0 aliphatic heterocycles.